The first-order chi connectivity index (χ1) is 19.2. The van der Waals surface area contributed by atoms with Gasteiger partial charge < -0.3 is 16.0 Å². The van der Waals surface area contributed by atoms with E-state index in [-0.39, 0.29) is 65.3 Å². The smallest absolute Gasteiger partial charge is 0.269 e. The molecule has 0 radical (unpaired) electrons. The van der Waals surface area contributed by atoms with E-state index in [1.165, 1.54) is 21.7 Å². The summed E-state index contributed by atoms with van der Waals surface area (Å²) in [7, 11) is 0. The van der Waals surface area contributed by atoms with E-state index in [4.69, 9.17) is 17.3 Å². The fraction of sp³-hybridized carbons (Fsp3) is 0.393. The van der Waals surface area contributed by atoms with Crippen molar-refractivity contribution in [2.24, 2.45) is 5.73 Å². The Bertz CT molecular complexity index is 1480. The molecular formula is C28H29ClFN5O4S. The molecule has 9 nitrogen and oxygen atoms in total. The van der Waals surface area contributed by atoms with Gasteiger partial charge >= 0.3 is 0 Å². The summed E-state index contributed by atoms with van der Waals surface area (Å²) in [5.74, 6) is -0.969. The quantitative estimate of drug-likeness (QED) is 0.356. The predicted molar refractivity (Wildman–Crippen MR) is 150 cm³/mol. The Kier molecular flexibility index (Phi) is 8.41. The minimum atomic E-state index is -0.738. The number of rotatable bonds is 11. The highest BCUT2D eigenvalue weighted by Gasteiger charge is 2.34. The summed E-state index contributed by atoms with van der Waals surface area (Å²) in [4.78, 5) is 52.3. The SMILES string of the molecule is NC(=O)c1nn(CC(=O)N(CC(=O)NCc2cccc(Cl)c2F)C2CC2)c2ccc(CC(=O)C3CCCS3)cc12. The average molecular weight is 586 g/mol. The molecule has 2 aliphatic rings. The number of Topliss-reactive ketones (excluding diaryl/α,β-unsaturated/α-hetero) is 1. The lowest BCUT2D eigenvalue weighted by atomic mass is 10.0. The van der Waals surface area contributed by atoms with Crippen molar-refractivity contribution in [3.63, 3.8) is 0 Å². The van der Waals surface area contributed by atoms with Crippen LogP contribution in [-0.2, 0) is 33.9 Å². The van der Waals surface area contributed by atoms with Crippen molar-refractivity contribution in [3.05, 3.63) is 64.1 Å². The summed E-state index contributed by atoms with van der Waals surface area (Å²) in [5.41, 5.74) is 7.15. The lowest BCUT2D eigenvalue weighted by molar-refractivity contribution is -0.137. The molecule has 1 unspecified atom stereocenters. The van der Waals surface area contributed by atoms with Crippen LogP contribution in [0.4, 0.5) is 4.39 Å². The number of hydrogen-bond donors (Lipinski definition) is 2. The topological polar surface area (TPSA) is 127 Å². The molecule has 2 heterocycles. The van der Waals surface area contributed by atoms with Crippen molar-refractivity contribution >= 4 is 57.8 Å². The molecule has 3 amide bonds. The molecule has 1 saturated carbocycles. The van der Waals surface area contributed by atoms with Gasteiger partial charge in [-0.05, 0) is 55.2 Å². The van der Waals surface area contributed by atoms with Crippen LogP contribution in [0.5, 0.6) is 0 Å². The van der Waals surface area contributed by atoms with Crippen molar-refractivity contribution < 1.29 is 23.6 Å². The second kappa shape index (κ2) is 12.0. The van der Waals surface area contributed by atoms with Crippen molar-refractivity contribution in [3.8, 4) is 0 Å². The fourth-order valence-corrected chi connectivity index (χ4v) is 6.32. The van der Waals surface area contributed by atoms with Crippen LogP contribution in [0.15, 0.2) is 36.4 Å². The van der Waals surface area contributed by atoms with E-state index in [0.717, 1.165) is 37.0 Å². The van der Waals surface area contributed by atoms with Gasteiger partial charge in [-0.15, -0.1) is 0 Å². The molecular weight excluding hydrogens is 557 g/mol. The summed E-state index contributed by atoms with van der Waals surface area (Å²) < 4.78 is 15.6. The number of nitrogens with zero attached hydrogens (tertiary/aromatic N) is 3. The number of carbonyl (C=O) groups excluding carboxylic acids is 4. The van der Waals surface area contributed by atoms with Gasteiger partial charge in [-0.1, -0.05) is 29.8 Å². The van der Waals surface area contributed by atoms with Gasteiger partial charge in [0.05, 0.1) is 22.3 Å². The maximum atomic E-state index is 14.2. The molecule has 1 aliphatic carbocycles. The van der Waals surface area contributed by atoms with Gasteiger partial charge in [-0.25, -0.2) is 4.39 Å². The van der Waals surface area contributed by atoms with Gasteiger partial charge in [0.2, 0.25) is 11.8 Å². The lowest BCUT2D eigenvalue weighted by Crippen LogP contribution is -2.43. The number of nitrogens with two attached hydrogens (primary N) is 1. The monoisotopic (exact) mass is 585 g/mol. The summed E-state index contributed by atoms with van der Waals surface area (Å²) >= 11 is 7.49. The van der Waals surface area contributed by atoms with Gasteiger partial charge in [-0.3, -0.25) is 23.9 Å². The number of primary amides is 1. The maximum absolute atomic E-state index is 14.2. The van der Waals surface area contributed by atoms with Crippen molar-refractivity contribution in [2.75, 3.05) is 12.3 Å². The number of benzene rings is 2. The second-order valence-corrected chi connectivity index (χ2v) is 11.8. The first-order valence-corrected chi connectivity index (χ1v) is 14.6. The molecule has 1 aliphatic heterocycles. The Balaban J connectivity index is 1.29. The molecule has 2 aromatic carbocycles. The number of carbonyl (C=O) groups is 4. The largest absolute Gasteiger partial charge is 0.364 e. The van der Waals surface area contributed by atoms with Crippen LogP contribution in [0.2, 0.25) is 5.02 Å². The van der Waals surface area contributed by atoms with E-state index in [1.807, 2.05) is 0 Å². The van der Waals surface area contributed by atoms with Crippen LogP contribution in [0.1, 0.15) is 47.3 Å². The Labute approximate surface area is 239 Å². The number of ketones is 1. The Morgan fingerprint density at radius 2 is 1.98 bits per heavy atom. The average Bonchev–Trinajstić information content (AvgIpc) is 3.48. The first kappa shape index (κ1) is 28.1. The van der Waals surface area contributed by atoms with Crippen molar-refractivity contribution in [2.45, 2.75) is 56.5 Å². The molecule has 0 spiro atoms. The minimum absolute atomic E-state index is 0.00165. The summed E-state index contributed by atoms with van der Waals surface area (Å²) in [6.07, 6.45) is 3.70. The minimum Gasteiger partial charge on any atom is -0.364 e. The summed E-state index contributed by atoms with van der Waals surface area (Å²) in [5, 5.41) is 7.40. The summed E-state index contributed by atoms with van der Waals surface area (Å²) in [6.45, 7) is -0.458. The Morgan fingerprint density at radius 1 is 1.18 bits per heavy atom. The van der Waals surface area contributed by atoms with E-state index >= 15 is 0 Å². The van der Waals surface area contributed by atoms with E-state index in [9.17, 15) is 23.6 Å². The third-order valence-corrected chi connectivity index (χ3v) is 8.85. The van der Waals surface area contributed by atoms with Crippen LogP contribution in [0.25, 0.3) is 10.9 Å². The molecule has 12 heteroatoms. The number of amides is 3. The zero-order valence-corrected chi connectivity index (χ0v) is 23.3. The van der Waals surface area contributed by atoms with E-state index in [0.29, 0.717) is 10.9 Å². The molecule has 3 N–H and O–H groups in total. The van der Waals surface area contributed by atoms with E-state index in [1.54, 1.807) is 36.0 Å². The highest BCUT2D eigenvalue weighted by Crippen LogP contribution is 2.30. The fourth-order valence-electron chi connectivity index (χ4n) is 4.90. The van der Waals surface area contributed by atoms with Crippen LogP contribution >= 0.6 is 23.4 Å². The standard InChI is InChI=1S/C28H29ClFN5O4S/c29-20-4-1-3-17(26(20)30)13-32-24(37)14-34(18-7-8-18)25(38)15-35-21-9-6-16(11-19(21)27(33-35)28(31)39)12-22(36)23-5-2-10-40-23/h1,3-4,6,9,11,18,23H,2,5,7-8,10,12-15H2,(H2,31,39)(H,32,37). The molecule has 3 aromatic rings. The highest BCUT2D eigenvalue weighted by molar-refractivity contribution is 8.00. The van der Waals surface area contributed by atoms with Crippen molar-refractivity contribution in [1.29, 1.82) is 0 Å². The van der Waals surface area contributed by atoms with Gasteiger partial charge in [0, 0.05) is 30.0 Å². The van der Waals surface area contributed by atoms with Gasteiger partial charge in [0.1, 0.15) is 18.1 Å². The summed E-state index contributed by atoms with van der Waals surface area (Å²) in [6, 6.07) is 9.74. The molecule has 1 aromatic heterocycles. The number of halogens is 2. The van der Waals surface area contributed by atoms with Crippen molar-refractivity contribution in [1.82, 2.24) is 20.0 Å². The molecule has 0 bridgehead atoms. The Morgan fingerprint density at radius 3 is 2.67 bits per heavy atom. The molecule has 1 atom stereocenters. The molecule has 2 fully saturated rings. The highest BCUT2D eigenvalue weighted by atomic mass is 35.5. The third-order valence-electron chi connectivity index (χ3n) is 7.13. The number of fused-ring (bicyclic) bond motifs is 1. The van der Waals surface area contributed by atoms with Gasteiger partial charge in [-0.2, -0.15) is 16.9 Å². The number of hydrogen-bond acceptors (Lipinski definition) is 6. The lowest BCUT2D eigenvalue weighted by Gasteiger charge is -2.22. The maximum Gasteiger partial charge on any atom is 0.269 e. The number of nitrogens with one attached hydrogen (secondary N) is 1. The van der Waals surface area contributed by atoms with Crippen LogP contribution in [0.3, 0.4) is 0 Å². The zero-order valence-electron chi connectivity index (χ0n) is 21.7. The van der Waals surface area contributed by atoms with E-state index < -0.39 is 17.6 Å². The molecule has 210 valence electrons. The van der Waals surface area contributed by atoms with Gasteiger partial charge in [0.25, 0.3) is 5.91 Å². The molecule has 40 heavy (non-hydrogen) atoms. The zero-order chi connectivity index (χ0) is 28.4. The second-order valence-electron chi connectivity index (χ2n) is 10.1. The third kappa shape index (κ3) is 6.31. The molecule has 5 rings (SSSR count). The predicted octanol–water partition coefficient (Wildman–Crippen LogP) is 3.24. The number of thioether (sulfide) groups is 1. The Hall–Kier alpha value is -3.44. The van der Waals surface area contributed by atoms with Gasteiger partial charge in [0.15, 0.2) is 5.69 Å². The van der Waals surface area contributed by atoms with Crippen LogP contribution < -0.4 is 11.1 Å². The number of aromatic nitrogens is 2. The normalized spacial score (nSPS) is 16.7. The molecule has 1 saturated heterocycles. The van der Waals surface area contributed by atoms with Crippen LogP contribution in [-0.4, -0.2) is 61.8 Å². The van der Waals surface area contributed by atoms with Crippen LogP contribution in [0, 0.1) is 5.82 Å². The van der Waals surface area contributed by atoms with E-state index in [2.05, 4.69) is 10.4 Å². The first-order valence-electron chi connectivity index (χ1n) is 13.1.